The summed E-state index contributed by atoms with van der Waals surface area (Å²) in [5.74, 6) is 0.193. The first kappa shape index (κ1) is 14.0. The first-order valence-electron chi connectivity index (χ1n) is 7.02. The zero-order chi connectivity index (χ0) is 13.7. The number of rotatable bonds is 4. The average Bonchev–Trinajstić information content (AvgIpc) is 2.48. The van der Waals surface area contributed by atoms with Crippen LogP contribution in [-0.4, -0.2) is 29.4 Å². The van der Waals surface area contributed by atoms with Crippen molar-refractivity contribution in [3.05, 3.63) is 30.1 Å². The fourth-order valence-electron chi connectivity index (χ4n) is 2.98. The third-order valence-electron chi connectivity index (χ3n) is 4.14. The molecule has 0 atom stereocenters. The molecular weight excluding hydrogens is 238 g/mol. The van der Waals surface area contributed by atoms with Crippen molar-refractivity contribution in [1.29, 1.82) is 0 Å². The third kappa shape index (κ3) is 3.13. The molecule has 4 nitrogen and oxygen atoms in total. The lowest BCUT2D eigenvalue weighted by molar-refractivity contribution is -0.142. The van der Waals surface area contributed by atoms with Gasteiger partial charge in [0.2, 0.25) is 5.91 Å². The second kappa shape index (κ2) is 6.15. The highest BCUT2D eigenvalue weighted by molar-refractivity contribution is 5.82. The number of amides is 1. The Morgan fingerprint density at radius 1 is 1.42 bits per heavy atom. The number of carbonyl (C=O) groups is 1. The fourth-order valence-corrected chi connectivity index (χ4v) is 2.98. The molecule has 0 radical (unpaired) electrons. The molecule has 0 unspecified atom stereocenters. The molecule has 19 heavy (non-hydrogen) atoms. The topological polar surface area (TPSA) is 59.2 Å². The van der Waals surface area contributed by atoms with E-state index in [1.807, 2.05) is 19.2 Å². The van der Waals surface area contributed by atoms with Crippen molar-refractivity contribution in [3.8, 4) is 0 Å². The lowest BCUT2D eigenvalue weighted by Crippen LogP contribution is -2.47. The monoisotopic (exact) mass is 261 g/mol. The number of aromatic nitrogens is 1. The molecule has 0 saturated heterocycles. The number of carbonyl (C=O) groups excluding carboxylic acids is 1. The van der Waals surface area contributed by atoms with Gasteiger partial charge in [0, 0.05) is 32.5 Å². The van der Waals surface area contributed by atoms with Gasteiger partial charge < -0.3 is 10.6 Å². The summed E-state index contributed by atoms with van der Waals surface area (Å²) in [7, 11) is 1.86. The van der Waals surface area contributed by atoms with E-state index >= 15 is 0 Å². The van der Waals surface area contributed by atoms with Crippen molar-refractivity contribution in [1.82, 2.24) is 9.88 Å². The number of hydrogen-bond donors (Lipinski definition) is 1. The van der Waals surface area contributed by atoms with Crippen LogP contribution < -0.4 is 5.73 Å². The van der Waals surface area contributed by atoms with Gasteiger partial charge in [-0.05, 0) is 24.5 Å². The zero-order valence-electron chi connectivity index (χ0n) is 11.6. The lowest BCUT2D eigenvalue weighted by Gasteiger charge is -2.37. The van der Waals surface area contributed by atoms with E-state index in [4.69, 9.17) is 5.73 Å². The van der Waals surface area contributed by atoms with Crippen molar-refractivity contribution < 1.29 is 4.79 Å². The van der Waals surface area contributed by atoms with Crippen LogP contribution in [0.25, 0.3) is 0 Å². The van der Waals surface area contributed by atoms with E-state index in [0.29, 0.717) is 13.1 Å². The molecule has 0 aliphatic heterocycles. The van der Waals surface area contributed by atoms with Crippen LogP contribution in [-0.2, 0) is 11.3 Å². The largest absolute Gasteiger partial charge is 0.341 e. The molecule has 1 aliphatic rings. The Balaban J connectivity index is 2.05. The number of pyridine rings is 1. The van der Waals surface area contributed by atoms with Gasteiger partial charge in [0.25, 0.3) is 0 Å². The predicted molar refractivity (Wildman–Crippen MR) is 75.3 cm³/mol. The van der Waals surface area contributed by atoms with E-state index in [9.17, 15) is 4.79 Å². The smallest absolute Gasteiger partial charge is 0.230 e. The minimum absolute atomic E-state index is 0.193. The van der Waals surface area contributed by atoms with Gasteiger partial charge in [-0.2, -0.15) is 0 Å². The van der Waals surface area contributed by atoms with Crippen LogP contribution in [0, 0.1) is 5.41 Å². The highest BCUT2D eigenvalue weighted by Gasteiger charge is 2.39. The molecule has 2 rings (SSSR count). The van der Waals surface area contributed by atoms with Crippen LogP contribution in [0.1, 0.15) is 37.7 Å². The number of hydrogen-bond acceptors (Lipinski definition) is 3. The number of nitrogens with zero attached hydrogens (tertiary/aromatic N) is 2. The second-order valence-electron chi connectivity index (χ2n) is 5.57. The first-order chi connectivity index (χ1) is 9.18. The van der Waals surface area contributed by atoms with Crippen molar-refractivity contribution in [2.24, 2.45) is 11.1 Å². The van der Waals surface area contributed by atoms with Crippen LogP contribution in [0.3, 0.4) is 0 Å². The molecule has 4 heteroatoms. The highest BCUT2D eigenvalue weighted by atomic mass is 16.2. The van der Waals surface area contributed by atoms with Gasteiger partial charge in [-0.3, -0.25) is 9.78 Å². The molecule has 0 spiro atoms. The predicted octanol–water partition coefficient (Wildman–Crippen LogP) is 1.95. The van der Waals surface area contributed by atoms with Crippen LogP contribution >= 0.6 is 0 Å². The molecule has 1 aromatic heterocycles. The van der Waals surface area contributed by atoms with Crippen molar-refractivity contribution >= 4 is 5.91 Å². The van der Waals surface area contributed by atoms with Gasteiger partial charge >= 0.3 is 0 Å². The summed E-state index contributed by atoms with van der Waals surface area (Å²) >= 11 is 0. The maximum absolute atomic E-state index is 12.7. The van der Waals surface area contributed by atoms with E-state index in [1.165, 1.54) is 6.42 Å². The Kier molecular flexibility index (Phi) is 4.53. The van der Waals surface area contributed by atoms with Crippen molar-refractivity contribution in [2.75, 3.05) is 13.6 Å². The molecular formula is C15H23N3O. The lowest BCUT2D eigenvalue weighted by atomic mass is 9.73. The minimum atomic E-state index is -0.324. The van der Waals surface area contributed by atoms with Gasteiger partial charge in [-0.15, -0.1) is 0 Å². The molecule has 1 saturated carbocycles. The van der Waals surface area contributed by atoms with Crippen LogP contribution in [0.15, 0.2) is 24.5 Å². The standard InChI is InChI=1S/C15H23N3O/c1-18(11-13-6-5-9-17-10-13)14(19)15(12-16)7-3-2-4-8-15/h5-6,9-10H,2-4,7-8,11-12,16H2,1H3. The van der Waals surface area contributed by atoms with Gasteiger partial charge in [-0.25, -0.2) is 0 Å². The van der Waals surface area contributed by atoms with Gasteiger partial charge in [0.1, 0.15) is 0 Å². The minimum Gasteiger partial charge on any atom is -0.341 e. The third-order valence-corrected chi connectivity index (χ3v) is 4.14. The average molecular weight is 261 g/mol. The summed E-state index contributed by atoms with van der Waals surface area (Å²) in [6.07, 6.45) is 8.86. The first-order valence-corrected chi connectivity index (χ1v) is 7.02. The summed E-state index contributed by atoms with van der Waals surface area (Å²) < 4.78 is 0. The molecule has 1 aliphatic carbocycles. The van der Waals surface area contributed by atoms with Crippen LogP contribution in [0.2, 0.25) is 0 Å². The van der Waals surface area contributed by atoms with E-state index in [0.717, 1.165) is 31.2 Å². The van der Waals surface area contributed by atoms with E-state index in [-0.39, 0.29) is 11.3 Å². The maximum Gasteiger partial charge on any atom is 0.230 e. The Hall–Kier alpha value is -1.42. The zero-order valence-corrected chi connectivity index (χ0v) is 11.6. The normalized spacial score (nSPS) is 18.0. The van der Waals surface area contributed by atoms with Gasteiger partial charge in [-0.1, -0.05) is 25.3 Å². The second-order valence-corrected chi connectivity index (χ2v) is 5.57. The Morgan fingerprint density at radius 3 is 2.74 bits per heavy atom. The van der Waals surface area contributed by atoms with Crippen LogP contribution in [0.5, 0.6) is 0 Å². The molecule has 1 amide bonds. The molecule has 0 aromatic carbocycles. The van der Waals surface area contributed by atoms with E-state index in [1.54, 1.807) is 17.3 Å². The SMILES string of the molecule is CN(Cc1cccnc1)C(=O)C1(CN)CCCCC1. The molecule has 1 heterocycles. The molecule has 1 aromatic rings. The molecule has 0 bridgehead atoms. The summed E-state index contributed by atoms with van der Waals surface area (Å²) in [6.45, 7) is 1.07. The summed E-state index contributed by atoms with van der Waals surface area (Å²) in [6, 6.07) is 3.89. The van der Waals surface area contributed by atoms with Crippen LogP contribution in [0.4, 0.5) is 0 Å². The van der Waals surface area contributed by atoms with E-state index < -0.39 is 0 Å². The van der Waals surface area contributed by atoms with Crippen molar-refractivity contribution in [2.45, 2.75) is 38.6 Å². The summed E-state index contributed by atoms with van der Waals surface area (Å²) in [5.41, 5.74) is 6.64. The fraction of sp³-hybridized carbons (Fsp3) is 0.600. The van der Waals surface area contributed by atoms with Gasteiger partial charge in [0.05, 0.1) is 5.41 Å². The molecule has 104 valence electrons. The maximum atomic E-state index is 12.7. The molecule has 2 N–H and O–H groups in total. The van der Waals surface area contributed by atoms with Gasteiger partial charge in [0.15, 0.2) is 0 Å². The Labute approximate surface area is 115 Å². The van der Waals surface area contributed by atoms with E-state index in [2.05, 4.69) is 4.98 Å². The Morgan fingerprint density at radius 2 is 2.16 bits per heavy atom. The summed E-state index contributed by atoms with van der Waals surface area (Å²) in [4.78, 5) is 18.6. The van der Waals surface area contributed by atoms with Crippen molar-refractivity contribution in [3.63, 3.8) is 0 Å². The number of nitrogens with two attached hydrogens (primary N) is 1. The molecule has 1 fully saturated rings. The highest BCUT2D eigenvalue weighted by Crippen LogP contribution is 2.37. The quantitative estimate of drug-likeness (QED) is 0.901. The Bertz CT molecular complexity index is 413. The summed E-state index contributed by atoms with van der Waals surface area (Å²) in [5, 5.41) is 0.